The summed E-state index contributed by atoms with van der Waals surface area (Å²) in [7, 11) is 0. The second-order valence-electron chi connectivity index (χ2n) is 3.47. The van der Waals surface area contributed by atoms with Gasteiger partial charge in [0.15, 0.2) is 0 Å². The van der Waals surface area contributed by atoms with Gasteiger partial charge in [0.25, 0.3) is 0 Å². The van der Waals surface area contributed by atoms with Crippen molar-refractivity contribution in [2.24, 2.45) is 0 Å². The predicted octanol–water partition coefficient (Wildman–Crippen LogP) is 2.45. The van der Waals surface area contributed by atoms with Gasteiger partial charge in [-0.3, -0.25) is 4.79 Å². The molecule has 4 heteroatoms. The smallest absolute Gasteiger partial charge is 0.315 e. The molecule has 1 aromatic heterocycles. The van der Waals surface area contributed by atoms with Gasteiger partial charge in [0.2, 0.25) is 5.89 Å². The van der Waals surface area contributed by atoms with Crippen molar-refractivity contribution in [2.75, 3.05) is 6.61 Å². The number of benzene rings is 1. The summed E-state index contributed by atoms with van der Waals surface area (Å²) >= 11 is 0. The molecular formula is C13H13NO3. The Hall–Kier alpha value is -2.10. The van der Waals surface area contributed by atoms with Crippen LogP contribution in [0.15, 0.2) is 41.0 Å². The summed E-state index contributed by atoms with van der Waals surface area (Å²) in [4.78, 5) is 15.5. The van der Waals surface area contributed by atoms with E-state index in [4.69, 9.17) is 9.15 Å². The first-order chi connectivity index (χ1) is 8.29. The van der Waals surface area contributed by atoms with Crippen LogP contribution in [-0.2, 0) is 16.0 Å². The number of ether oxygens (including phenoxy) is 1. The van der Waals surface area contributed by atoms with Gasteiger partial charge in [-0.25, -0.2) is 4.98 Å². The maximum atomic E-state index is 11.2. The van der Waals surface area contributed by atoms with E-state index in [1.54, 1.807) is 13.2 Å². The fraction of sp³-hybridized carbons (Fsp3) is 0.231. The van der Waals surface area contributed by atoms with Crippen LogP contribution in [0.1, 0.15) is 12.8 Å². The Morgan fingerprint density at radius 3 is 2.82 bits per heavy atom. The molecule has 17 heavy (non-hydrogen) atoms. The molecule has 0 saturated carbocycles. The van der Waals surface area contributed by atoms with Crippen LogP contribution in [-0.4, -0.2) is 17.6 Å². The van der Waals surface area contributed by atoms with Crippen LogP contribution in [0.3, 0.4) is 0 Å². The minimum absolute atomic E-state index is 0.0701. The van der Waals surface area contributed by atoms with E-state index in [-0.39, 0.29) is 12.4 Å². The molecule has 0 radical (unpaired) electrons. The van der Waals surface area contributed by atoms with Gasteiger partial charge < -0.3 is 9.15 Å². The molecule has 4 nitrogen and oxygen atoms in total. The van der Waals surface area contributed by atoms with E-state index in [2.05, 4.69) is 4.98 Å². The lowest BCUT2D eigenvalue weighted by Crippen LogP contribution is -2.07. The third-order valence-corrected chi connectivity index (χ3v) is 2.22. The van der Waals surface area contributed by atoms with Crippen molar-refractivity contribution < 1.29 is 13.9 Å². The number of aromatic nitrogens is 1. The van der Waals surface area contributed by atoms with E-state index in [1.165, 1.54) is 0 Å². The first kappa shape index (κ1) is 11.4. The molecule has 2 aromatic rings. The zero-order chi connectivity index (χ0) is 12.1. The van der Waals surface area contributed by atoms with Crippen LogP contribution in [0.4, 0.5) is 0 Å². The van der Waals surface area contributed by atoms with Gasteiger partial charge >= 0.3 is 5.97 Å². The summed E-state index contributed by atoms with van der Waals surface area (Å²) < 4.78 is 10.0. The van der Waals surface area contributed by atoms with E-state index in [1.807, 2.05) is 30.3 Å². The molecule has 1 heterocycles. The van der Waals surface area contributed by atoms with Gasteiger partial charge in [-0.2, -0.15) is 0 Å². The van der Waals surface area contributed by atoms with Gasteiger partial charge in [0, 0.05) is 5.56 Å². The Morgan fingerprint density at radius 1 is 1.35 bits per heavy atom. The highest BCUT2D eigenvalue weighted by atomic mass is 16.5. The Morgan fingerprint density at radius 2 is 2.12 bits per heavy atom. The van der Waals surface area contributed by atoms with Crippen molar-refractivity contribution in [1.29, 1.82) is 0 Å². The molecule has 0 atom stereocenters. The van der Waals surface area contributed by atoms with E-state index in [9.17, 15) is 4.79 Å². The molecule has 1 aromatic carbocycles. The average Bonchev–Trinajstić information content (AvgIpc) is 2.79. The molecular weight excluding hydrogens is 218 g/mol. The van der Waals surface area contributed by atoms with Crippen LogP contribution in [0.25, 0.3) is 11.3 Å². The molecule has 0 aliphatic heterocycles. The second-order valence-corrected chi connectivity index (χ2v) is 3.47. The highest BCUT2D eigenvalue weighted by Crippen LogP contribution is 2.18. The van der Waals surface area contributed by atoms with Crippen LogP contribution in [0.5, 0.6) is 0 Å². The lowest BCUT2D eigenvalue weighted by atomic mass is 10.2. The summed E-state index contributed by atoms with van der Waals surface area (Å²) in [6, 6.07) is 9.66. The quantitative estimate of drug-likeness (QED) is 0.758. The van der Waals surface area contributed by atoms with Crippen molar-refractivity contribution in [3.8, 4) is 11.3 Å². The number of hydrogen-bond donors (Lipinski definition) is 0. The molecule has 0 saturated heterocycles. The molecule has 0 bridgehead atoms. The van der Waals surface area contributed by atoms with E-state index in [0.717, 1.165) is 11.3 Å². The zero-order valence-corrected chi connectivity index (χ0v) is 9.55. The monoisotopic (exact) mass is 231 g/mol. The normalized spacial score (nSPS) is 10.2. The molecule has 2 rings (SSSR count). The van der Waals surface area contributed by atoms with Gasteiger partial charge in [0.05, 0.1) is 6.61 Å². The van der Waals surface area contributed by atoms with Gasteiger partial charge in [-0.15, -0.1) is 0 Å². The third-order valence-electron chi connectivity index (χ3n) is 2.22. The summed E-state index contributed by atoms with van der Waals surface area (Å²) in [6.45, 7) is 2.13. The number of carbonyl (C=O) groups excluding carboxylic acids is 1. The Labute approximate surface area is 99.2 Å². The number of rotatable bonds is 4. The van der Waals surface area contributed by atoms with Crippen LogP contribution in [0, 0.1) is 0 Å². The Balaban J connectivity index is 2.09. The second kappa shape index (κ2) is 5.30. The minimum Gasteiger partial charge on any atom is -0.466 e. The number of carbonyl (C=O) groups is 1. The number of nitrogens with zero attached hydrogens (tertiary/aromatic N) is 1. The van der Waals surface area contributed by atoms with Crippen molar-refractivity contribution in [3.05, 3.63) is 42.5 Å². The third kappa shape index (κ3) is 2.93. The predicted molar refractivity (Wildman–Crippen MR) is 62.3 cm³/mol. The Kier molecular flexibility index (Phi) is 3.55. The van der Waals surface area contributed by atoms with Crippen LogP contribution >= 0.6 is 0 Å². The highest BCUT2D eigenvalue weighted by Gasteiger charge is 2.10. The lowest BCUT2D eigenvalue weighted by molar-refractivity contribution is -0.142. The van der Waals surface area contributed by atoms with Crippen molar-refractivity contribution in [2.45, 2.75) is 13.3 Å². The summed E-state index contributed by atoms with van der Waals surface area (Å²) in [5.74, 6) is 0.0521. The summed E-state index contributed by atoms with van der Waals surface area (Å²) in [5.41, 5.74) is 1.69. The topological polar surface area (TPSA) is 52.3 Å². The maximum absolute atomic E-state index is 11.2. The zero-order valence-electron chi connectivity index (χ0n) is 9.55. The first-order valence-electron chi connectivity index (χ1n) is 5.45. The molecule has 0 aliphatic rings. The number of hydrogen-bond acceptors (Lipinski definition) is 4. The fourth-order valence-corrected chi connectivity index (χ4v) is 1.47. The van der Waals surface area contributed by atoms with E-state index < -0.39 is 0 Å². The molecule has 0 fully saturated rings. The number of oxazole rings is 1. The molecule has 0 N–H and O–H groups in total. The molecule has 0 aliphatic carbocycles. The molecule has 0 spiro atoms. The summed E-state index contributed by atoms with van der Waals surface area (Å²) in [6.07, 6.45) is 1.62. The van der Waals surface area contributed by atoms with Gasteiger partial charge in [0.1, 0.15) is 18.4 Å². The van der Waals surface area contributed by atoms with Gasteiger partial charge in [-0.1, -0.05) is 30.3 Å². The molecule has 0 unspecified atom stereocenters. The molecule has 88 valence electrons. The van der Waals surface area contributed by atoms with E-state index in [0.29, 0.717) is 12.5 Å². The van der Waals surface area contributed by atoms with Crippen molar-refractivity contribution >= 4 is 5.97 Å². The largest absolute Gasteiger partial charge is 0.466 e. The number of esters is 1. The van der Waals surface area contributed by atoms with Crippen molar-refractivity contribution in [1.82, 2.24) is 4.98 Å². The van der Waals surface area contributed by atoms with Crippen molar-refractivity contribution in [3.63, 3.8) is 0 Å². The van der Waals surface area contributed by atoms with E-state index >= 15 is 0 Å². The SMILES string of the molecule is CCOC(=O)Cc1nc(-c2ccccc2)co1. The van der Waals surface area contributed by atoms with Crippen LogP contribution in [0.2, 0.25) is 0 Å². The first-order valence-corrected chi connectivity index (χ1v) is 5.45. The maximum Gasteiger partial charge on any atom is 0.315 e. The highest BCUT2D eigenvalue weighted by molar-refractivity contribution is 5.71. The average molecular weight is 231 g/mol. The van der Waals surface area contributed by atoms with Gasteiger partial charge in [-0.05, 0) is 6.92 Å². The standard InChI is InChI=1S/C13H13NO3/c1-2-16-13(15)8-12-14-11(9-17-12)10-6-4-3-5-7-10/h3-7,9H,2,8H2,1H3. The fourth-order valence-electron chi connectivity index (χ4n) is 1.47. The minimum atomic E-state index is -0.325. The molecule has 0 amide bonds. The Bertz CT molecular complexity index is 490. The summed E-state index contributed by atoms with van der Waals surface area (Å²) in [5, 5.41) is 0. The van der Waals surface area contributed by atoms with Crippen LogP contribution < -0.4 is 0 Å². The lowest BCUT2D eigenvalue weighted by Gasteiger charge is -1.97.